The van der Waals surface area contributed by atoms with Crippen LogP contribution in [0.5, 0.6) is 0 Å². The summed E-state index contributed by atoms with van der Waals surface area (Å²) >= 11 is 0. The highest BCUT2D eigenvalue weighted by molar-refractivity contribution is 7.93. The van der Waals surface area contributed by atoms with Crippen LogP contribution in [0.2, 0.25) is 0 Å². The predicted octanol–water partition coefficient (Wildman–Crippen LogP) is 4.54. The second kappa shape index (κ2) is 13.8. The van der Waals surface area contributed by atoms with Crippen molar-refractivity contribution in [3.8, 4) is 0 Å². The molecule has 12 nitrogen and oxygen atoms in total. The Kier molecular flexibility index (Phi) is 10.4. The molecule has 5 aliphatic carbocycles. The average molecular weight is 760 g/mol. The van der Waals surface area contributed by atoms with Crippen LogP contribution < -0.4 is 21.3 Å². The molecule has 1 heterocycles. The smallest absolute Gasteiger partial charge is 0.315 e. The maximum atomic E-state index is 15.0. The van der Waals surface area contributed by atoms with Crippen LogP contribution in [0.15, 0.2) is 0 Å². The highest BCUT2D eigenvalue weighted by Crippen LogP contribution is 2.65. The Bertz CT molecular complexity index is 1600. The first-order valence-electron chi connectivity index (χ1n) is 20.5. The molecule has 0 radical (unpaired) electrons. The van der Waals surface area contributed by atoms with Crippen LogP contribution in [-0.4, -0.2) is 88.6 Å². The second-order valence-corrected chi connectivity index (χ2v) is 22.5. The number of carbonyl (C=O) groups is 5. The number of carbonyl (C=O) groups excluding carboxylic acids is 5. The summed E-state index contributed by atoms with van der Waals surface area (Å²) < 4.78 is 26.6. The second-order valence-electron chi connectivity index (χ2n) is 19.5. The fourth-order valence-electron chi connectivity index (χ4n) is 10.5. The highest BCUT2D eigenvalue weighted by Gasteiger charge is 2.71. The molecule has 6 fully saturated rings. The van der Waals surface area contributed by atoms with Crippen LogP contribution in [0, 0.1) is 28.6 Å². The molecule has 0 aromatic carbocycles. The Morgan fingerprint density at radius 3 is 1.98 bits per heavy atom. The van der Waals surface area contributed by atoms with E-state index in [9.17, 15) is 27.6 Å². The van der Waals surface area contributed by atoms with E-state index >= 15 is 4.79 Å². The first-order valence-corrected chi connectivity index (χ1v) is 22.0. The quantitative estimate of drug-likeness (QED) is 0.212. The van der Waals surface area contributed by atoms with Crippen LogP contribution in [0.4, 0.5) is 4.79 Å². The van der Waals surface area contributed by atoms with E-state index in [2.05, 4.69) is 35.1 Å². The van der Waals surface area contributed by atoms with Gasteiger partial charge in [-0.1, -0.05) is 72.6 Å². The number of rotatable bonds is 12. The third kappa shape index (κ3) is 7.14. The van der Waals surface area contributed by atoms with E-state index < -0.39 is 72.0 Å². The van der Waals surface area contributed by atoms with Crippen molar-refractivity contribution >= 4 is 39.4 Å². The van der Waals surface area contributed by atoms with Crippen molar-refractivity contribution < 1.29 is 32.4 Å². The standard InChI is InChI=1S/C40H65N5O7S/c1-9-25-22-40(25,31(46)33(48)41-26-16-17-26)43-32(47)29-28-27(37(28,6)7)23-45(29)34(49)30(38(8)18-12-10-13-19-38)42-35(50)44-39(20-14-11-15-21-39)24(2)53(51,52)36(3,4)5/h24-30H,9-23H2,1-8H3,(H,41,48)(H,43,47)(H2,42,44,50)/t24-,25?,27+,28+,29+,30-,40+/m1/s1. The predicted molar refractivity (Wildman–Crippen MR) is 202 cm³/mol. The van der Waals surface area contributed by atoms with Gasteiger partial charge in [0.15, 0.2) is 9.84 Å². The number of sulfone groups is 1. The lowest BCUT2D eigenvalue weighted by molar-refractivity contribution is -0.146. The molecule has 4 N–H and O–H groups in total. The lowest BCUT2D eigenvalue weighted by Crippen LogP contribution is -2.66. The summed E-state index contributed by atoms with van der Waals surface area (Å²) in [7, 11) is -3.64. The lowest BCUT2D eigenvalue weighted by Gasteiger charge is -2.46. The monoisotopic (exact) mass is 759 g/mol. The maximum absolute atomic E-state index is 15.0. The van der Waals surface area contributed by atoms with Gasteiger partial charge in [-0.25, -0.2) is 13.2 Å². The largest absolute Gasteiger partial charge is 0.347 e. The van der Waals surface area contributed by atoms with Crippen LogP contribution in [-0.2, 0) is 29.0 Å². The van der Waals surface area contributed by atoms with Crippen molar-refractivity contribution in [2.24, 2.45) is 28.6 Å². The number of nitrogens with one attached hydrogen (secondary N) is 4. The van der Waals surface area contributed by atoms with Gasteiger partial charge in [-0.05, 0) is 101 Å². The molecule has 1 unspecified atom stereocenters. The number of piperidine rings is 1. The van der Waals surface area contributed by atoms with E-state index in [4.69, 9.17) is 0 Å². The Balaban J connectivity index is 1.26. The van der Waals surface area contributed by atoms with Gasteiger partial charge >= 0.3 is 6.03 Å². The average Bonchev–Trinajstić information content (AvgIpc) is 4.05. The molecular weight excluding hydrogens is 695 g/mol. The Labute approximate surface area is 316 Å². The molecule has 7 atom stereocenters. The Morgan fingerprint density at radius 1 is 0.868 bits per heavy atom. The fourth-order valence-corrected chi connectivity index (χ4v) is 12.4. The van der Waals surface area contributed by atoms with Crippen molar-refractivity contribution in [3.63, 3.8) is 0 Å². The van der Waals surface area contributed by atoms with Gasteiger partial charge in [-0.3, -0.25) is 19.2 Å². The van der Waals surface area contributed by atoms with Gasteiger partial charge in [0.2, 0.25) is 17.6 Å². The van der Waals surface area contributed by atoms with Crippen molar-refractivity contribution in [3.05, 3.63) is 0 Å². The number of amides is 5. The number of Topliss-reactive ketones (excluding diaryl/α,β-unsaturated/α-hetero) is 1. The molecule has 5 amide bonds. The number of ketones is 1. The summed E-state index contributed by atoms with van der Waals surface area (Å²) in [5.41, 5.74) is -3.03. The van der Waals surface area contributed by atoms with Crippen LogP contribution in [0.25, 0.3) is 0 Å². The molecular formula is C40H65N5O7S. The maximum Gasteiger partial charge on any atom is 0.315 e. The van der Waals surface area contributed by atoms with Gasteiger partial charge in [0.05, 0.1) is 15.5 Å². The van der Waals surface area contributed by atoms with Crippen LogP contribution in [0.3, 0.4) is 0 Å². The first-order chi connectivity index (χ1) is 24.6. The zero-order valence-corrected chi connectivity index (χ0v) is 34.2. The van der Waals surface area contributed by atoms with Gasteiger partial charge < -0.3 is 26.2 Å². The number of hydrogen-bond acceptors (Lipinski definition) is 7. The van der Waals surface area contributed by atoms with Gasteiger partial charge in [-0.2, -0.15) is 0 Å². The van der Waals surface area contributed by atoms with Gasteiger partial charge in [-0.15, -0.1) is 0 Å². The molecule has 6 rings (SSSR count). The fraction of sp³-hybridized carbons (Fsp3) is 0.875. The minimum atomic E-state index is -3.64. The molecule has 13 heteroatoms. The number of hydrogen-bond donors (Lipinski definition) is 4. The molecule has 0 aromatic heterocycles. The van der Waals surface area contributed by atoms with Gasteiger partial charge in [0, 0.05) is 12.6 Å². The molecule has 6 aliphatic rings. The summed E-state index contributed by atoms with van der Waals surface area (Å²) in [6, 6.07) is -2.35. The summed E-state index contributed by atoms with van der Waals surface area (Å²) in [5.74, 6) is -2.22. The zero-order chi connectivity index (χ0) is 38.9. The highest BCUT2D eigenvalue weighted by atomic mass is 32.2. The summed E-state index contributed by atoms with van der Waals surface area (Å²) in [6.45, 7) is 15.3. The third-order valence-corrected chi connectivity index (χ3v) is 17.7. The molecule has 5 saturated carbocycles. The number of nitrogens with zero attached hydrogens (tertiary/aromatic N) is 1. The molecule has 0 spiro atoms. The molecule has 0 aromatic rings. The van der Waals surface area contributed by atoms with E-state index in [1.165, 1.54) is 0 Å². The zero-order valence-electron chi connectivity index (χ0n) is 33.4. The van der Waals surface area contributed by atoms with Crippen molar-refractivity contribution in [1.82, 2.24) is 26.2 Å². The van der Waals surface area contributed by atoms with E-state index in [1.807, 2.05) is 13.8 Å². The topological polar surface area (TPSA) is 171 Å². The van der Waals surface area contributed by atoms with Crippen molar-refractivity contribution in [1.29, 1.82) is 0 Å². The van der Waals surface area contributed by atoms with Gasteiger partial charge in [0.1, 0.15) is 17.6 Å². The summed E-state index contributed by atoms with van der Waals surface area (Å²) in [5, 5.41) is 11.2. The van der Waals surface area contributed by atoms with Crippen molar-refractivity contribution in [2.45, 2.75) is 184 Å². The SMILES string of the molecule is CCC1C[C@@]1(NC(=O)[C@@H]1[C@@H]2[C@H](CN1C(=O)[C@@H](NC(=O)NC1([C@@H](C)S(=O)(=O)C(C)(C)C)CCCCC1)C1(C)CCCCC1)C2(C)C)C(=O)C(=O)NC1CC1. The molecule has 0 bridgehead atoms. The Morgan fingerprint density at radius 2 is 1.45 bits per heavy atom. The van der Waals surface area contributed by atoms with Crippen LogP contribution in [0.1, 0.15) is 145 Å². The summed E-state index contributed by atoms with van der Waals surface area (Å²) in [6.07, 6.45) is 10.6. The molecule has 1 aliphatic heterocycles. The minimum absolute atomic E-state index is 0.0101. The van der Waals surface area contributed by atoms with E-state index in [1.54, 1.807) is 32.6 Å². The number of urea groups is 1. The van der Waals surface area contributed by atoms with Crippen LogP contribution >= 0.6 is 0 Å². The van der Waals surface area contributed by atoms with Gasteiger partial charge in [0.25, 0.3) is 5.91 Å². The van der Waals surface area contributed by atoms with E-state index in [0.717, 1.165) is 64.2 Å². The van der Waals surface area contributed by atoms with E-state index in [-0.39, 0.29) is 35.1 Å². The Hall–Kier alpha value is -2.70. The number of likely N-dealkylation sites (tertiary alicyclic amines) is 1. The van der Waals surface area contributed by atoms with E-state index in [0.29, 0.717) is 32.2 Å². The van der Waals surface area contributed by atoms with Crippen molar-refractivity contribution in [2.75, 3.05) is 6.54 Å². The molecule has 298 valence electrons. The third-order valence-electron chi connectivity index (χ3n) is 14.6. The minimum Gasteiger partial charge on any atom is -0.347 e. The molecule has 53 heavy (non-hydrogen) atoms. The summed E-state index contributed by atoms with van der Waals surface area (Å²) in [4.78, 5) is 71.9. The molecule has 1 saturated heterocycles. The normalized spacial score (nSPS) is 32.3. The number of fused-ring (bicyclic) bond motifs is 1. The first kappa shape index (κ1) is 40.0. The lowest BCUT2D eigenvalue weighted by atomic mass is 9.70.